The molecule has 2 rings (SSSR count). The minimum atomic E-state index is -0.469. The maximum Gasteiger partial charge on any atom is 0.417 e. The van der Waals surface area contributed by atoms with Gasteiger partial charge >= 0.3 is 6.09 Å². The highest BCUT2D eigenvalue weighted by Gasteiger charge is 2.19. The molecule has 28 heavy (non-hydrogen) atoms. The summed E-state index contributed by atoms with van der Waals surface area (Å²) in [5.41, 5.74) is 3.18. The fraction of sp³-hybridized carbons (Fsp3) is 0.458. The number of nitrogens with one attached hydrogen (secondary N) is 1. The Balaban J connectivity index is 2.03. The van der Waals surface area contributed by atoms with E-state index in [4.69, 9.17) is 4.74 Å². The van der Waals surface area contributed by atoms with Gasteiger partial charge in [-0.05, 0) is 73.7 Å². The van der Waals surface area contributed by atoms with Crippen molar-refractivity contribution in [1.29, 1.82) is 0 Å². The van der Waals surface area contributed by atoms with E-state index in [0.29, 0.717) is 23.5 Å². The summed E-state index contributed by atoms with van der Waals surface area (Å²) in [7, 11) is 4.20. The van der Waals surface area contributed by atoms with Crippen molar-refractivity contribution in [2.24, 2.45) is 5.92 Å². The zero-order valence-corrected chi connectivity index (χ0v) is 18.0. The van der Waals surface area contributed by atoms with E-state index in [1.807, 2.05) is 42.5 Å². The summed E-state index contributed by atoms with van der Waals surface area (Å²) in [5, 5.41) is 2.80. The molecule has 4 heteroatoms. The highest BCUT2D eigenvalue weighted by Crippen LogP contribution is 2.30. The quantitative estimate of drug-likeness (QED) is 0.599. The average molecular weight is 383 g/mol. The van der Waals surface area contributed by atoms with Gasteiger partial charge in [-0.15, -0.1) is 0 Å². The Kier molecular flexibility index (Phi) is 8.06. The van der Waals surface area contributed by atoms with Gasteiger partial charge in [0.2, 0.25) is 0 Å². The molecule has 0 aliphatic heterocycles. The number of rotatable bonds is 8. The molecule has 0 aromatic heterocycles. The molecule has 2 aromatic carbocycles. The number of amides is 1. The first kappa shape index (κ1) is 22.0. The number of ether oxygens (including phenoxy) is 1. The molecule has 0 fully saturated rings. The van der Waals surface area contributed by atoms with Crippen molar-refractivity contribution in [1.82, 2.24) is 4.90 Å². The maximum atomic E-state index is 12.3. The van der Waals surface area contributed by atoms with E-state index in [-0.39, 0.29) is 0 Å². The van der Waals surface area contributed by atoms with Crippen LogP contribution in [0.3, 0.4) is 0 Å². The summed E-state index contributed by atoms with van der Waals surface area (Å²) in [6.45, 7) is 9.79. The van der Waals surface area contributed by atoms with Gasteiger partial charge in [-0.3, -0.25) is 5.32 Å². The first-order chi connectivity index (χ1) is 13.3. The molecule has 2 aromatic rings. The summed E-state index contributed by atoms with van der Waals surface area (Å²) in [6, 6.07) is 15.8. The maximum absolute atomic E-state index is 12.3. The van der Waals surface area contributed by atoms with Gasteiger partial charge in [-0.1, -0.05) is 52.0 Å². The largest absolute Gasteiger partial charge is 0.417 e. The molecule has 0 saturated heterocycles. The molecule has 1 N–H and O–H groups in total. The van der Waals surface area contributed by atoms with Gasteiger partial charge in [0.25, 0.3) is 0 Å². The van der Waals surface area contributed by atoms with Crippen LogP contribution in [-0.2, 0) is 0 Å². The van der Waals surface area contributed by atoms with Crippen molar-refractivity contribution in [3.8, 4) is 5.75 Å². The number of carbonyl (C=O) groups is 1. The highest BCUT2D eigenvalue weighted by molar-refractivity contribution is 5.86. The van der Waals surface area contributed by atoms with E-state index in [1.54, 1.807) is 0 Å². The second-order valence-corrected chi connectivity index (χ2v) is 8.12. The van der Waals surface area contributed by atoms with Crippen molar-refractivity contribution < 1.29 is 9.53 Å². The van der Waals surface area contributed by atoms with Crippen LogP contribution < -0.4 is 10.1 Å². The van der Waals surface area contributed by atoms with Gasteiger partial charge in [-0.25, -0.2) is 4.79 Å². The van der Waals surface area contributed by atoms with Gasteiger partial charge in [-0.2, -0.15) is 0 Å². The van der Waals surface area contributed by atoms with Gasteiger partial charge in [0.15, 0.2) is 0 Å². The molecule has 2 atom stereocenters. The normalized spacial score (nSPS) is 13.4. The molecule has 0 heterocycles. The van der Waals surface area contributed by atoms with Crippen LogP contribution in [-0.4, -0.2) is 31.6 Å². The van der Waals surface area contributed by atoms with Crippen LogP contribution in [0.5, 0.6) is 5.75 Å². The van der Waals surface area contributed by atoms with Gasteiger partial charge in [0.1, 0.15) is 5.75 Å². The zero-order valence-electron chi connectivity index (χ0n) is 18.0. The SMILES string of the molecule is CC[C@@H](c1cccc(OC(=O)Nc2ccc(C(C)C)cc2)c1)[C@@H](C)CN(C)C. The average Bonchev–Trinajstić information content (AvgIpc) is 2.62. The van der Waals surface area contributed by atoms with E-state index in [9.17, 15) is 4.79 Å². The minimum absolute atomic E-state index is 0.428. The van der Waals surface area contributed by atoms with E-state index in [1.165, 1.54) is 11.1 Å². The lowest BCUT2D eigenvalue weighted by Gasteiger charge is -2.26. The van der Waals surface area contributed by atoms with Crippen molar-refractivity contribution in [2.75, 3.05) is 26.0 Å². The fourth-order valence-electron chi connectivity index (χ4n) is 3.68. The molecule has 0 spiro atoms. The summed E-state index contributed by atoms with van der Waals surface area (Å²) >= 11 is 0. The molecule has 1 amide bonds. The number of benzene rings is 2. The second-order valence-electron chi connectivity index (χ2n) is 8.12. The van der Waals surface area contributed by atoms with Gasteiger partial charge in [0.05, 0.1) is 0 Å². The molecule has 4 nitrogen and oxygen atoms in total. The number of nitrogens with zero attached hydrogens (tertiary/aromatic N) is 1. The van der Waals surface area contributed by atoms with E-state index in [2.05, 4.69) is 58.1 Å². The Hall–Kier alpha value is -2.33. The standard InChI is InChI=1S/C24H34N2O2/c1-7-23(18(4)16-26(5)6)20-9-8-10-22(15-20)28-24(27)25-21-13-11-19(12-14-21)17(2)3/h8-15,17-18,23H,7,16H2,1-6H3,(H,25,27)/t18-,23+/m0/s1. The number of anilines is 1. The molecule has 0 radical (unpaired) electrons. The molecule has 0 unspecified atom stereocenters. The highest BCUT2D eigenvalue weighted by atomic mass is 16.6. The third-order valence-corrected chi connectivity index (χ3v) is 5.10. The van der Waals surface area contributed by atoms with Crippen LogP contribution in [0.4, 0.5) is 10.5 Å². The third kappa shape index (κ3) is 6.38. The second kappa shape index (κ2) is 10.3. The van der Waals surface area contributed by atoms with Crippen LogP contribution in [0.25, 0.3) is 0 Å². The molecular weight excluding hydrogens is 348 g/mol. The minimum Gasteiger partial charge on any atom is -0.410 e. The Labute approximate surface area is 169 Å². The molecule has 152 valence electrons. The summed E-state index contributed by atoms with van der Waals surface area (Å²) < 4.78 is 5.53. The van der Waals surface area contributed by atoms with Crippen LogP contribution >= 0.6 is 0 Å². The van der Waals surface area contributed by atoms with Crippen LogP contribution in [0.2, 0.25) is 0 Å². The van der Waals surface area contributed by atoms with Gasteiger partial charge in [0, 0.05) is 12.2 Å². The molecule has 0 saturated carbocycles. The molecular formula is C24H34N2O2. The first-order valence-corrected chi connectivity index (χ1v) is 10.1. The van der Waals surface area contributed by atoms with Crippen LogP contribution in [0.1, 0.15) is 57.1 Å². The third-order valence-electron chi connectivity index (χ3n) is 5.10. The summed E-state index contributed by atoms with van der Waals surface area (Å²) in [4.78, 5) is 14.5. The Morgan fingerprint density at radius 2 is 1.71 bits per heavy atom. The summed E-state index contributed by atoms with van der Waals surface area (Å²) in [5.74, 6) is 1.98. The fourth-order valence-corrected chi connectivity index (χ4v) is 3.68. The predicted molar refractivity (Wildman–Crippen MR) is 117 cm³/mol. The smallest absolute Gasteiger partial charge is 0.410 e. The Morgan fingerprint density at radius 1 is 1.04 bits per heavy atom. The lowest BCUT2D eigenvalue weighted by molar-refractivity contribution is 0.215. The lowest BCUT2D eigenvalue weighted by Crippen LogP contribution is -2.24. The van der Waals surface area contributed by atoms with E-state index in [0.717, 1.165) is 18.7 Å². The molecule has 0 bridgehead atoms. The number of carbonyl (C=O) groups excluding carboxylic acids is 1. The van der Waals surface area contributed by atoms with Crippen LogP contribution in [0, 0.1) is 5.92 Å². The van der Waals surface area contributed by atoms with E-state index >= 15 is 0 Å². The van der Waals surface area contributed by atoms with Crippen LogP contribution in [0.15, 0.2) is 48.5 Å². The number of hydrogen-bond donors (Lipinski definition) is 1. The predicted octanol–water partition coefficient (Wildman–Crippen LogP) is 6.11. The molecule has 0 aliphatic rings. The van der Waals surface area contributed by atoms with Crippen molar-refractivity contribution in [2.45, 2.75) is 46.0 Å². The number of hydrogen-bond acceptors (Lipinski definition) is 3. The topological polar surface area (TPSA) is 41.6 Å². The first-order valence-electron chi connectivity index (χ1n) is 10.1. The Bertz CT molecular complexity index is 753. The zero-order chi connectivity index (χ0) is 20.7. The van der Waals surface area contributed by atoms with Crippen molar-refractivity contribution >= 4 is 11.8 Å². The molecule has 0 aliphatic carbocycles. The van der Waals surface area contributed by atoms with Gasteiger partial charge < -0.3 is 9.64 Å². The lowest BCUT2D eigenvalue weighted by atomic mass is 9.85. The Morgan fingerprint density at radius 3 is 2.29 bits per heavy atom. The van der Waals surface area contributed by atoms with E-state index < -0.39 is 6.09 Å². The summed E-state index contributed by atoms with van der Waals surface area (Å²) in [6.07, 6.45) is 0.580. The monoisotopic (exact) mass is 382 g/mol. The van der Waals surface area contributed by atoms with Crippen molar-refractivity contribution in [3.63, 3.8) is 0 Å². The van der Waals surface area contributed by atoms with Crippen molar-refractivity contribution in [3.05, 3.63) is 59.7 Å².